The van der Waals surface area contributed by atoms with Gasteiger partial charge in [0.15, 0.2) is 0 Å². The van der Waals surface area contributed by atoms with Gasteiger partial charge in [-0.1, -0.05) is 38.8 Å². The molecule has 0 spiro atoms. The predicted octanol–water partition coefficient (Wildman–Crippen LogP) is 5.11. The molecule has 0 aliphatic rings. The van der Waals surface area contributed by atoms with Crippen LogP contribution in [0.2, 0.25) is 5.02 Å². The summed E-state index contributed by atoms with van der Waals surface area (Å²) in [5, 5.41) is 3.91. The first-order chi connectivity index (χ1) is 8.06. The lowest BCUT2D eigenvalue weighted by Crippen LogP contribution is -2.21. The molecule has 2 unspecified atom stereocenters. The predicted molar refractivity (Wildman–Crippen MR) is 73.2 cm³/mol. The van der Waals surface area contributed by atoms with Crippen LogP contribution in [0.3, 0.4) is 0 Å². The highest BCUT2D eigenvalue weighted by atomic mass is 35.5. The molecule has 1 aromatic rings. The van der Waals surface area contributed by atoms with E-state index in [9.17, 15) is 4.39 Å². The van der Waals surface area contributed by atoms with E-state index in [1.54, 1.807) is 6.07 Å². The molecule has 1 nitrogen and oxygen atoms in total. The highest BCUT2D eigenvalue weighted by Crippen LogP contribution is 2.25. The van der Waals surface area contributed by atoms with Crippen molar-refractivity contribution in [1.29, 1.82) is 0 Å². The summed E-state index contributed by atoms with van der Waals surface area (Å²) < 4.78 is 13.1. The molecule has 17 heavy (non-hydrogen) atoms. The fourth-order valence-corrected chi connectivity index (χ4v) is 1.98. The third kappa shape index (κ3) is 4.55. The molecule has 0 fully saturated rings. The SMILES string of the molecule is CCC(C)CC(CC)Nc1cc(F)ccc1Cl. The molecule has 0 saturated heterocycles. The molecular formula is C14H21ClFN. The zero-order chi connectivity index (χ0) is 12.8. The monoisotopic (exact) mass is 257 g/mol. The van der Waals surface area contributed by atoms with Crippen LogP contribution in [-0.2, 0) is 0 Å². The van der Waals surface area contributed by atoms with Crippen molar-refractivity contribution < 1.29 is 4.39 Å². The minimum absolute atomic E-state index is 0.254. The first kappa shape index (κ1) is 14.3. The average Bonchev–Trinajstić information content (AvgIpc) is 2.32. The smallest absolute Gasteiger partial charge is 0.125 e. The van der Waals surface area contributed by atoms with Gasteiger partial charge < -0.3 is 5.32 Å². The van der Waals surface area contributed by atoms with Crippen LogP contribution in [0.15, 0.2) is 18.2 Å². The van der Waals surface area contributed by atoms with Crippen molar-refractivity contribution in [3.8, 4) is 0 Å². The minimum Gasteiger partial charge on any atom is -0.381 e. The summed E-state index contributed by atoms with van der Waals surface area (Å²) in [6, 6.07) is 4.78. The van der Waals surface area contributed by atoms with Gasteiger partial charge in [-0.25, -0.2) is 4.39 Å². The lowest BCUT2D eigenvalue weighted by atomic mass is 9.97. The van der Waals surface area contributed by atoms with E-state index in [-0.39, 0.29) is 5.82 Å². The Morgan fingerprint density at radius 3 is 2.59 bits per heavy atom. The molecule has 3 heteroatoms. The maximum absolute atomic E-state index is 13.1. The van der Waals surface area contributed by atoms with Crippen molar-refractivity contribution in [2.75, 3.05) is 5.32 Å². The summed E-state index contributed by atoms with van der Waals surface area (Å²) in [7, 11) is 0. The maximum atomic E-state index is 13.1. The van der Waals surface area contributed by atoms with Gasteiger partial charge in [-0.2, -0.15) is 0 Å². The van der Waals surface area contributed by atoms with Crippen LogP contribution in [0.5, 0.6) is 0 Å². The maximum Gasteiger partial charge on any atom is 0.125 e. The number of anilines is 1. The standard InChI is InChI=1S/C14H21ClFN/c1-4-10(3)8-12(5-2)17-14-9-11(16)6-7-13(14)15/h6-7,9-10,12,17H,4-5,8H2,1-3H3. The Bertz CT molecular complexity index is 354. The molecule has 0 aromatic heterocycles. The molecule has 2 atom stereocenters. The van der Waals surface area contributed by atoms with E-state index < -0.39 is 0 Å². The third-order valence-corrected chi connectivity index (χ3v) is 3.49. The zero-order valence-corrected chi connectivity index (χ0v) is 11.5. The van der Waals surface area contributed by atoms with Crippen molar-refractivity contribution in [2.45, 2.75) is 46.1 Å². The van der Waals surface area contributed by atoms with Crippen LogP contribution < -0.4 is 5.32 Å². The Morgan fingerprint density at radius 1 is 1.29 bits per heavy atom. The van der Waals surface area contributed by atoms with E-state index in [1.807, 2.05) is 0 Å². The van der Waals surface area contributed by atoms with Crippen LogP contribution in [0, 0.1) is 11.7 Å². The topological polar surface area (TPSA) is 12.0 Å². The average molecular weight is 258 g/mol. The number of rotatable bonds is 6. The molecule has 1 rings (SSSR count). The van der Waals surface area contributed by atoms with Crippen LogP contribution in [-0.4, -0.2) is 6.04 Å². The molecule has 0 saturated carbocycles. The third-order valence-electron chi connectivity index (χ3n) is 3.16. The second-order valence-electron chi connectivity index (χ2n) is 4.62. The van der Waals surface area contributed by atoms with Gasteiger partial charge in [0.1, 0.15) is 5.82 Å². The molecular weight excluding hydrogens is 237 g/mol. The van der Waals surface area contributed by atoms with Crippen molar-refractivity contribution in [1.82, 2.24) is 0 Å². The van der Waals surface area contributed by atoms with Gasteiger partial charge in [0.25, 0.3) is 0 Å². The summed E-state index contributed by atoms with van der Waals surface area (Å²) in [5.74, 6) is 0.412. The van der Waals surface area contributed by atoms with Crippen LogP contribution in [0.4, 0.5) is 10.1 Å². The summed E-state index contributed by atoms with van der Waals surface area (Å²) in [6.07, 6.45) is 3.26. The summed E-state index contributed by atoms with van der Waals surface area (Å²) in [4.78, 5) is 0. The summed E-state index contributed by atoms with van der Waals surface area (Å²) >= 11 is 6.04. The highest BCUT2D eigenvalue weighted by molar-refractivity contribution is 6.33. The Hall–Kier alpha value is -0.760. The van der Waals surface area contributed by atoms with E-state index in [2.05, 4.69) is 26.1 Å². The van der Waals surface area contributed by atoms with Crippen LogP contribution in [0.25, 0.3) is 0 Å². The van der Waals surface area contributed by atoms with E-state index in [1.165, 1.54) is 12.1 Å². The van der Waals surface area contributed by atoms with E-state index in [4.69, 9.17) is 11.6 Å². The van der Waals surface area contributed by atoms with Crippen molar-refractivity contribution in [3.05, 3.63) is 29.0 Å². The molecule has 0 aliphatic carbocycles. The molecule has 0 radical (unpaired) electrons. The van der Waals surface area contributed by atoms with Gasteiger partial charge in [-0.3, -0.25) is 0 Å². The second kappa shape index (κ2) is 6.85. The normalized spacial score (nSPS) is 14.4. The molecule has 1 N–H and O–H groups in total. The molecule has 0 amide bonds. The van der Waals surface area contributed by atoms with Crippen molar-refractivity contribution >= 4 is 17.3 Å². The number of hydrogen-bond donors (Lipinski definition) is 1. The van der Waals surface area contributed by atoms with Gasteiger partial charge in [0.2, 0.25) is 0 Å². The van der Waals surface area contributed by atoms with E-state index in [0.29, 0.717) is 22.7 Å². The fourth-order valence-electron chi connectivity index (χ4n) is 1.81. The van der Waals surface area contributed by atoms with Crippen LogP contribution in [0.1, 0.15) is 40.0 Å². The zero-order valence-electron chi connectivity index (χ0n) is 10.8. The molecule has 0 bridgehead atoms. The summed E-state index contributed by atoms with van der Waals surface area (Å²) in [5.41, 5.74) is 0.696. The van der Waals surface area contributed by atoms with Crippen molar-refractivity contribution in [2.24, 2.45) is 5.92 Å². The molecule has 1 aromatic carbocycles. The molecule has 96 valence electrons. The van der Waals surface area contributed by atoms with Gasteiger partial charge in [0.05, 0.1) is 10.7 Å². The van der Waals surface area contributed by atoms with Gasteiger partial charge >= 0.3 is 0 Å². The Morgan fingerprint density at radius 2 is 2.00 bits per heavy atom. The lowest BCUT2D eigenvalue weighted by Gasteiger charge is -2.22. The Labute approximate surface area is 108 Å². The van der Waals surface area contributed by atoms with E-state index in [0.717, 1.165) is 19.3 Å². The number of nitrogens with one attached hydrogen (secondary N) is 1. The lowest BCUT2D eigenvalue weighted by molar-refractivity contribution is 0.461. The molecule has 0 heterocycles. The Balaban J connectivity index is 2.69. The first-order valence-electron chi connectivity index (χ1n) is 6.28. The Kier molecular flexibility index (Phi) is 5.76. The van der Waals surface area contributed by atoms with E-state index >= 15 is 0 Å². The molecule has 0 aliphatic heterocycles. The minimum atomic E-state index is -0.254. The number of benzene rings is 1. The first-order valence-corrected chi connectivity index (χ1v) is 6.66. The number of halogens is 2. The van der Waals surface area contributed by atoms with Crippen molar-refractivity contribution in [3.63, 3.8) is 0 Å². The summed E-state index contributed by atoms with van der Waals surface area (Å²) in [6.45, 7) is 6.55. The van der Waals surface area contributed by atoms with Gasteiger partial charge in [-0.15, -0.1) is 0 Å². The quantitative estimate of drug-likeness (QED) is 0.747. The largest absolute Gasteiger partial charge is 0.381 e. The number of hydrogen-bond acceptors (Lipinski definition) is 1. The van der Waals surface area contributed by atoms with Gasteiger partial charge in [0, 0.05) is 6.04 Å². The fraction of sp³-hybridized carbons (Fsp3) is 0.571. The second-order valence-corrected chi connectivity index (χ2v) is 5.03. The van der Waals surface area contributed by atoms with Crippen LogP contribution >= 0.6 is 11.6 Å². The highest BCUT2D eigenvalue weighted by Gasteiger charge is 2.12. The van der Waals surface area contributed by atoms with Gasteiger partial charge in [-0.05, 0) is 37.0 Å².